The standard InChI is InChI=1S/C16H15NOS/c1-2-18-11-12-7-9-13(10-8-12)16-17-14-5-3-4-6-15(14)19-16/h3-10H,2,11H2,1H3. The first-order chi connectivity index (χ1) is 9.36. The second-order valence-electron chi connectivity index (χ2n) is 4.32. The number of thiazole rings is 1. The molecular formula is C16H15NOS. The predicted octanol–water partition coefficient (Wildman–Crippen LogP) is 4.50. The second kappa shape index (κ2) is 5.51. The van der Waals surface area contributed by atoms with Gasteiger partial charge in [-0.2, -0.15) is 0 Å². The number of para-hydroxylation sites is 1. The fourth-order valence-corrected chi connectivity index (χ4v) is 2.93. The average Bonchev–Trinajstić information content (AvgIpc) is 2.89. The van der Waals surface area contributed by atoms with E-state index in [1.165, 1.54) is 15.8 Å². The summed E-state index contributed by atoms with van der Waals surface area (Å²) in [6.45, 7) is 3.44. The first-order valence-corrected chi connectivity index (χ1v) is 7.21. The molecule has 0 unspecified atom stereocenters. The maximum atomic E-state index is 5.40. The topological polar surface area (TPSA) is 22.1 Å². The van der Waals surface area contributed by atoms with E-state index in [1.54, 1.807) is 11.3 Å². The summed E-state index contributed by atoms with van der Waals surface area (Å²) in [4.78, 5) is 4.66. The molecule has 2 nitrogen and oxygen atoms in total. The lowest BCUT2D eigenvalue weighted by Gasteiger charge is -2.02. The van der Waals surface area contributed by atoms with E-state index in [1.807, 2.05) is 13.0 Å². The number of hydrogen-bond donors (Lipinski definition) is 0. The molecule has 0 amide bonds. The zero-order chi connectivity index (χ0) is 13.1. The minimum Gasteiger partial charge on any atom is -0.377 e. The highest BCUT2D eigenvalue weighted by atomic mass is 32.1. The molecule has 0 radical (unpaired) electrons. The Morgan fingerprint density at radius 1 is 1.05 bits per heavy atom. The number of nitrogens with zero attached hydrogens (tertiary/aromatic N) is 1. The summed E-state index contributed by atoms with van der Waals surface area (Å²) in [7, 11) is 0. The Bertz CT molecular complexity index is 640. The van der Waals surface area contributed by atoms with Crippen molar-refractivity contribution in [2.45, 2.75) is 13.5 Å². The van der Waals surface area contributed by atoms with Gasteiger partial charge in [0.25, 0.3) is 0 Å². The Kier molecular flexibility index (Phi) is 3.58. The van der Waals surface area contributed by atoms with Crippen molar-refractivity contribution in [3.05, 3.63) is 54.1 Å². The minimum absolute atomic E-state index is 0.677. The summed E-state index contributed by atoms with van der Waals surface area (Å²) < 4.78 is 6.63. The van der Waals surface area contributed by atoms with Gasteiger partial charge >= 0.3 is 0 Å². The molecule has 0 saturated heterocycles. The maximum Gasteiger partial charge on any atom is 0.124 e. The van der Waals surface area contributed by atoms with E-state index in [-0.39, 0.29) is 0 Å². The molecule has 0 bridgehead atoms. The van der Waals surface area contributed by atoms with E-state index in [4.69, 9.17) is 4.74 Å². The van der Waals surface area contributed by atoms with Gasteiger partial charge in [0.1, 0.15) is 5.01 Å². The smallest absolute Gasteiger partial charge is 0.124 e. The summed E-state index contributed by atoms with van der Waals surface area (Å²) in [6, 6.07) is 16.7. The third-order valence-electron chi connectivity index (χ3n) is 2.97. The van der Waals surface area contributed by atoms with Crippen molar-refractivity contribution < 1.29 is 4.74 Å². The lowest BCUT2D eigenvalue weighted by molar-refractivity contribution is 0.134. The van der Waals surface area contributed by atoms with E-state index < -0.39 is 0 Å². The molecule has 2 aromatic carbocycles. The lowest BCUT2D eigenvalue weighted by Crippen LogP contribution is -1.91. The summed E-state index contributed by atoms with van der Waals surface area (Å²) in [5.74, 6) is 0. The highest BCUT2D eigenvalue weighted by molar-refractivity contribution is 7.21. The van der Waals surface area contributed by atoms with E-state index in [9.17, 15) is 0 Å². The third-order valence-corrected chi connectivity index (χ3v) is 4.05. The first-order valence-electron chi connectivity index (χ1n) is 6.39. The molecule has 96 valence electrons. The molecule has 0 spiro atoms. The Labute approximate surface area is 116 Å². The van der Waals surface area contributed by atoms with Crippen LogP contribution < -0.4 is 0 Å². The molecular weight excluding hydrogens is 254 g/mol. The molecule has 0 aliphatic carbocycles. The number of benzene rings is 2. The predicted molar refractivity (Wildman–Crippen MR) is 80.4 cm³/mol. The van der Waals surface area contributed by atoms with Crippen LogP contribution in [0.2, 0.25) is 0 Å². The van der Waals surface area contributed by atoms with Crippen LogP contribution in [-0.2, 0) is 11.3 Å². The van der Waals surface area contributed by atoms with Gasteiger partial charge in [0.2, 0.25) is 0 Å². The second-order valence-corrected chi connectivity index (χ2v) is 5.35. The fraction of sp³-hybridized carbons (Fsp3) is 0.188. The van der Waals surface area contributed by atoms with Crippen molar-refractivity contribution in [1.29, 1.82) is 0 Å². The molecule has 3 rings (SSSR count). The Morgan fingerprint density at radius 2 is 1.84 bits per heavy atom. The maximum absolute atomic E-state index is 5.40. The van der Waals surface area contributed by atoms with Crippen LogP contribution in [-0.4, -0.2) is 11.6 Å². The van der Waals surface area contributed by atoms with Crippen molar-refractivity contribution in [2.75, 3.05) is 6.61 Å². The quantitative estimate of drug-likeness (QED) is 0.695. The molecule has 1 aromatic heterocycles. The van der Waals surface area contributed by atoms with Gasteiger partial charge in [-0.1, -0.05) is 36.4 Å². The zero-order valence-electron chi connectivity index (χ0n) is 10.8. The van der Waals surface area contributed by atoms with Crippen LogP contribution in [0, 0.1) is 0 Å². The molecule has 1 heterocycles. The molecule has 0 saturated carbocycles. The van der Waals surface area contributed by atoms with Gasteiger partial charge in [-0.15, -0.1) is 11.3 Å². The van der Waals surface area contributed by atoms with Gasteiger partial charge in [-0.3, -0.25) is 0 Å². The summed E-state index contributed by atoms with van der Waals surface area (Å²) in [5, 5.41) is 1.07. The molecule has 19 heavy (non-hydrogen) atoms. The monoisotopic (exact) mass is 269 g/mol. The summed E-state index contributed by atoms with van der Waals surface area (Å²) in [6.07, 6.45) is 0. The Morgan fingerprint density at radius 3 is 2.58 bits per heavy atom. The van der Waals surface area contributed by atoms with E-state index in [0.29, 0.717) is 6.61 Å². The van der Waals surface area contributed by atoms with Crippen LogP contribution in [0.4, 0.5) is 0 Å². The molecule has 3 heteroatoms. The highest BCUT2D eigenvalue weighted by Crippen LogP contribution is 2.29. The summed E-state index contributed by atoms with van der Waals surface area (Å²) >= 11 is 1.73. The molecule has 3 aromatic rings. The van der Waals surface area contributed by atoms with Gasteiger partial charge in [-0.05, 0) is 24.6 Å². The molecule has 0 fully saturated rings. The molecule has 0 N–H and O–H groups in total. The lowest BCUT2D eigenvalue weighted by atomic mass is 10.1. The van der Waals surface area contributed by atoms with Crippen molar-refractivity contribution in [2.24, 2.45) is 0 Å². The van der Waals surface area contributed by atoms with Crippen molar-refractivity contribution in [3.63, 3.8) is 0 Å². The van der Waals surface area contributed by atoms with Gasteiger partial charge in [-0.25, -0.2) is 4.98 Å². The third kappa shape index (κ3) is 2.67. The van der Waals surface area contributed by atoms with Gasteiger partial charge in [0.15, 0.2) is 0 Å². The van der Waals surface area contributed by atoms with Crippen LogP contribution in [0.15, 0.2) is 48.5 Å². The largest absolute Gasteiger partial charge is 0.377 e. The Balaban J connectivity index is 1.88. The van der Waals surface area contributed by atoms with Crippen LogP contribution in [0.1, 0.15) is 12.5 Å². The van der Waals surface area contributed by atoms with Crippen molar-refractivity contribution in [1.82, 2.24) is 4.98 Å². The number of hydrogen-bond acceptors (Lipinski definition) is 3. The van der Waals surface area contributed by atoms with Gasteiger partial charge < -0.3 is 4.74 Å². The number of rotatable bonds is 4. The minimum atomic E-state index is 0.677. The van der Waals surface area contributed by atoms with E-state index in [0.717, 1.165) is 17.1 Å². The molecule has 0 aliphatic heterocycles. The van der Waals surface area contributed by atoms with Crippen LogP contribution >= 0.6 is 11.3 Å². The number of ether oxygens (including phenoxy) is 1. The molecule has 0 atom stereocenters. The van der Waals surface area contributed by atoms with Crippen LogP contribution in [0.25, 0.3) is 20.8 Å². The highest BCUT2D eigenvalue weighted by Gasteiger charge is 2.05. The van der Waals surface area contributed by atoms with Crippen LogP contribution in [0.5, 0.6) is 0 Å². The normalized spacial score (nSPS) is 11.0. The van der Waals surface area contributed by atoms with E-state index in [2.05, 4.69) is 47.4 Å². The first kappa shape index (κ1) is 12.3. The van der Waals surface area contributed by atoms with E-state index >= 15 is 0 Å². The van der Waals surface area contributed by atoms with Crippen LogP contribution in [0.3, 0.4) is 0 Å². The van der Waals surface area contributed by atoms with Crippen molar-refractivity contribution >= 4 is 21.6 Å². The number of fused-ring (bicyclic) bond motifs is 1. The molecule has 0 aliphatic rings. The zero-order valence-corrected chi connectivity index (χ0v) is 11.6. The average molecular weight is 269 g/mol. The fourth-order valence-electron chi connectivity index (χ4n) is 1.96. The van der Waals surface area contributed by atoms with Gasteiger partial charge in [0.05, 0.1) is 16.8 Å². The van der Waals surface area contributed by atoms with Crippen molar-refractivity contribution in [3.8, 4) is 10.6 Å². The number of aromatic nitrogens is 1. The Hall–Kier alpha value is -1.71. The van der Waals surface area contributed by atoms with Gasteiger partial charge in [0, 0.05) is 12.2 Å². The SMILES string of the molecule is CCOCc1ccc(-c2nc3ccccc3s2)cc1. The summed E-state index contributed by atoms with van der Waals surface area (Å²) in [5.41, 5.74) is 3.44.